The third-order valence-electron chi connectivity index (χ3n) is 2.50. The van der Waals surface area contributed by atoms with Gasteiger partial charge in [0.2, 0.25) is 0 Å². The molecule has 2 atom stereocenters. The van der Waals surface area contributed by atoms with E-state index in [-0.39, 0.29) is 6.61 Å². The minimum absolute atomic E-state index is 0.176. The van der Waals surface area contributed by atoms with E-state index in [1.165, 1.54) is 10.8 Å². The minimum atomic E-state index is -0.621. The Bertz CT molecular complexity index is 574. The maximum atomic E-state index is 11.6. The predicted octanol–water partition coefficient (Wildman–Crippen LogP) is 0.0135. The van der Waals surface area contributed by atoms with E-state index in [1.54, 1.807) is 13.0 Å². The second-order valence-electron chi connectivity index (χ2n) is 3.73. The van der Waals surface area contributed by atoms with Crippen LogP contribution in [0.3, 0.4) is 0 Å². The van der Waals surface area contributed by atoms with Crippen LogP contribution in [-0.2, 0) is 4.74 Å². The molecule has 0 unspecified atom stereocenters. The lowest BCUT2D eigenvalue weighted by atomic mass is 10.3. The number of aliphatic hydroxyl groups is 1. The fourth-order valence-electron chi connectivity index (χ4n) is 1.57. The Morgan fingerprint density at radius 1 is 1.59 bits per heavy atom. The quantitative estimate of drug-likeness (QED) is 0.806. The summed E-state index contributed by atoms with van der Waals surface area (Å²) in [6.45, 7) is 1.43. The molecule has 0 saturated carbocycles. The zero-order valence-corrected chi connectivity index (χ0v) is 10.6. The Morgan fingerprint density at radius 2 is 2.29 bits per heavy atom. The van der Waals surface area contributed by atoms with Crippen LogP contribution in [0.5, 0.6) is 0 Å². The van der Waals surface area contributed by atoms with Crippen LogP contribution in [0.15, 0.2) is 26.3 Å². The molecule has 2 N–H and O–H groups in total. The maximum Gasteiger partial charge on any atom is 0.330 e. The van der Waals surface area contributed by atoms with Gasteiger partial charge in [-0.15, -0.1) is 0 Å². The summed E-state index contributed by atoms with van der Waals surface area (Å²) in [4.78, 5) is 25.0. The molecule has 2 rings (SSSR count). The molecule has 92 valence electrons. The summed E-state index contributed by atoms with van der Waals surface area (Å²) in [5, 5.41) is 9.03. The van der Waals surface area contributed by atoms with Gasteiger partial charge in [-0.05, 0) is 13.0 Å². The van der Waals surface area contributed by atoms with E-state index < -0.39 is 23.6 Å². The number of hydrogen-bond acceptors (Lipinski definition) is 4. The third-order valence-corrected chi connectivity index (χ3v) is 3.27. The number of aromatic amines is 1. The second-order valence-corrected chi connectivity index (χ2v) is 4.64. The molecule has 0 fully saturated rings. The SMILES string of the molecule is Cc1cn([C@H]2C=C(Br)[C@@H](CO)O2)c(=O)[nH]c1=O. The van der Waals surface area contributed by atoms with E-state index in [4.69, 9.17) is 9.84 Å². The molecule has 6 nitrogen and oxygen atoms in total. The fourth-order valence-corrected chi connectivity index (χ4v) is 2.05. The van der Waals surface area contributed by atoms with Crippen LogP contribution in [-0.4, -0.2) is 27.4 Å². The van der Waals surface area contributed by atoms with E-state index in [0.717, 1.165) is 0 Å². The second kappa shape index (κ2) is 4.59. The molecule has 1 aliphatic heterocycles. The summed E-state index contributed by atoms with van der Waals surface area (Å²) in [5.74, 6) is 0. The molecular weight excluding hydrogens is 292 g/mol. The number of aliphatic hydroxyl groups excluding tert-OH is 1. The summed E-state index contributed by atoms with van der Waals surface area (Å²) in [7, 11) is 0. The zero-order valence-electron chi connectivity index (χ0n) is 9.01. The van der Waals surface area contributed by atoms with E-state index >= 15 is 0 Å². The van der Waals surface area contributed by atoms with Crippen LogP contribution in [0.1, 0.15) is 11.8 Å². The van der Waals surface area contributed by atoms with Crippen LogP contribution >= 0.6 is 15.9 Å². The molecule has 0 bridgehead atoms. The van der Waals surface area contributed by atoms with Crippen molar-refractivity contribution in [2.75, 3.05) is 6.61 Å². The van der Waals surface area contributed by atoms with Gasteiger partial charge < -0.3 is 9.84 Å². The molecule has 7 heteroatoms. The fraction of sp³-hybridized carbons (Fsp3) is 0.400. The van der Waals surface area contributed by atoms with Gasteiger partial charge in [-0.25, -0.2) is 4.79 Å². The summed E-state index contributed by atoms with van der Waals surface area (Å²) in [6, 6.07) is 0. The van der Waals surface area contributed by atoms with Crippen molar-refractivity contribution in [2.24, 2.45) is 0 Å². The average molecular weight is 303 g/mol. The molecule has 1 aliphatic rings. The first-order valence-electron chi connectivity index (χ1n) is 4.98. The number of aromatic nitrogens is 2. The van der Waals surface area contributed by atoms with Crippen LogP contribution in [0, 0.1) is 6.92 Å². The Morgan fingerprint density at radius 3 is 2.88 bits per heavy atom. The highest BCUT2D eigenvalue weighted by molar-refractivity contribution is 9.11. The zero-order chi connectivity index (χ0) is 12.6. The average Bonchev–Trinajstić information content (AvgIpc) is 2.65. The molecule has 0 aromatic carbocycles. The van der Waals surface area contributed by atoms with Crippen molar-refractivity contribution in [3.63, 3.8) is 0 Å². The number of hydrogen-bond donors (Lipinski definition) is 2. The van der Waals surface area contributed by atoms with Crippen molar-refractivity contribution in [1.82, 2.24) is 9.55 Å². The predicted molar refractivity (Wildman–Crippen MR) is 64.1 cm³/mol. The number of rotatable bonds is 2. The molecule has 1 aromatic rings. The minimum Gasteiger partial charge on any atom is -0.393 e. The van der Waals surface area contributed by atoms with Crippen molar-refractivity contribution >= 4 is 15.9 Å². The Balaban J connectivity index is 2.41. The molecule has 0 spiro atoms. The van der Waals surface area contributed by atoms with E-state index in [0.29, 0.717) is 10.0 Å². The van der Waals surface area contributed by atoms with Crippen molar-refractivity contribution in [1.29, 1.82) is 0 Å². The van der Waals surface area contributed by atoms with Gasteiger partial charge in [0.15, 0.2) is 6.23 Å². The van der Waals surface area contributed by atoms with Crippen LogP contribution in [0.4, 0.5) is 0 Å². The lowest BCUT2D eigenvalue weighted by Gasteiger charge is -2.15. The van der Waals surface area contributed by atoms with Gasteiger partial charge in [0.1, 0.15) is 6.10 Å². The summed E-state index contributed by atoms with van der Waals surface area (Å²) in [5.41, 5.74) is -0.531. The Labute approximate surface area is 105 Å². The molecule has 1 aromatic heterocycles. The van der Waals surface area contributed by atoms with E-state index in [9.17, 15) is 9.59 Å². The van der Waals surface area contributed by atoms with Crippen molar-refractivity contribution in [3.05, 3.63) is 43.2 Å². The maximum absolute atomic E-state index is 11.6. The molecule has 2 heterocycles. The lowest BCUT2D eigenvalue weighted by molar-refractivity contribution is -0.0113. The number of ether oxygens (including phenoxy) is 1. The van der Waals surface area contributed by atoms with Gasteiger partial charge in [-0.3, -0.25) is 14.3 Å². The normalized spacial score (nSPS) is 23.8. The lowest BCUT2D eigenvalue weighted by Crippen LogP contribution is -2.33. The van der Waals surface area contributed by atoms with Crippen LogP contribution < -0.4 is 11.2 Å². The molecule has 17 heavy (non-hydrogen) atoms. The monoisotopic (exact) mass is 302 g/mol. The third kappa shape index (κ3) is 2.26. The highest BCUT2D eigenvalue weighted by atomic mass is 79.9. The molecule has 0 aliphatic carbocycles. The first-order chi connectivity index (χ1) is 8.02. The molecule has 0 amide bonds. The van der Waals surface area contributed by atoms with E-state index in [1.807, 2.05) is 0 Å². The number of aryl methyl sites for hydroxylation is 1. The number of halogens is 1. The smallest absolute Gasteiger partial charge is 0.330 e. The van der Waals surface area contributed by atoms with Gasteiger partial charge in [0.25, 0.3) is 5.56 Å². The Kier molecular flexibility index (Phi) is 3.32. The van der Waals surface area contributed by atoms with E-state index in [2.05, 4.69) is 20.9 Å². The van der Waals surface area contributed by atoms with Crippen LogP contribution in [0.2, 0.25) is 0 Å². The molecule has 0 saturated heterocycles. The number of nitrogens with one attached hydrogen (secondary N) is 1. The highest BCUT2D eigenvalue weighted by Gasteiger charge is 2.26. The number of nitrogens with zero attached hydrogens (tertiary/aromatic N) is 1. The Hall–Kier alpha value is -1.18. The van der Waals surface area contributed by atoms with Gasteiger partial charge >= 0.3 is 5.69 Å². The summed E-state index contributed by atoms with van der Waals surface area (Å²) >= 11 is 3.25. The van der Waals surface area contributed by atoms with Crippen LogP contribution in [0.25, 0.3) is 0 Å². The summed E-state index contributed by atoms with van der Waals surface area (Å²) < 4.78 is 7.39. The topological polar surface area (TPSA) is 84.3 Å². The molecule has 0 radical (unpaired) electrons. The van der Waals surface area contributed by atoms with Gasteiger partial charge in [-0.2, -0.15) is 0 Å². The van der Waals surface area contributed by atoms with Gasteiger partial charge in [-0.1, -0.05) is 15.9 Å². The largest absolute Gasteiger partial charge is 0.393 e. The van der Waals surface area contributed by atoms with Gasteiger partial charge in [0, 0.05) is 16.2 Å². The number of H-pyrrole nitrogens is 1. The van der Waals surface area contributed by atoms with Crippen molar-refractivity contribution in [2.45, 2.75) is 19.3 Å². The first kappa shape index (κ1) is 12.3. The first-order valence-corrected chi connectivity index (χ1v) is 5.78. The highest BCUT2D eigenvalue weighted by Crippen LogP contribution is 2.29. The summed E-state index contributed by atoms with van der Waals surface area (Å²) in [6.07, 6.45) is 2.01. The van der Waals surface area contributed by atoms with Crippen molar-refractivity contribution < 1.29 is 9.84 Å². The standard InChI is InChI=1S/C10H11BrN2O4/c1-5-3-13(10(16)12-9(5)15)8-2-6(11)7(4-14)17-8/h2-3,7-8,14H,4H2,1H3,(H,12,15,16)/t7-,8-/m1/s1. The molecular formula is C10H11BrN2O4. The van der Waals surface area contributed by atoms with Crippen molar-refractivity contribution in [3.8, 4) is 0 Å². The van der Waals surface area contributed by atoms with Gasteiger partial charge in [0.05, 0.1) is 6.61 Å².